The number of nitrogens with zero attached hydrogens (tertiary/aromatic N) is 1. The van der Waals surface area contributed by atoms with Gasteiger partial charge in [-0.05, 0) is 24.6 Å². The lowest BCUT2D eigenvalue weighted by molar-refractivity contribution is -0.123. The Morgan fingerprint density at radius 2 is 2.22 bits per heavy atom. The van der Waals surface area contributed by atoms with Crippen molar-refractivity contribution in [2.45, 2.75) is 12.8 Å². The number of nitriles is 1. The molecule has 0 radical (unpaired) electrons. The Hall–Kier alpha value is -2.06. The molecule has 5 heteroatoms. The Morgan fingerprint density at radius 1 is 1.44 bits per heavy atom. The van der Waals surface area contributed by atoms with E-state index in [0.29, 0.717) is 31.7 Å². The summed E-state index contributed by atoms with van der Waals surface area (Å²) in [6, 6.07) is 9.45. The first-order chi connectivity index (χ1) is 8.77. The number of nitrogens with two attached hydrogens (primary N) is 1. The summed E-state index contributed by atoms with van der Waals surface area (Å²) in [5, 5.41) is 10.9. The molecule has 1 aromatic rings. The predicted molar refractivity (Wildman–Crippen MR) is 67.9 cm³/mol. The van der Waals surface area contributed by atoms with Gasteiger partial charge >= 0.3 is 0 Å². The molecule has 0 saturated heterocycles. The van der Waals surface area contributed by atoms with E-state index >= 15 is 0 Å². The molecule has 18 heavy (non-hydrogen) atoms. The summed E-state index contributed by atoms with van der Waals surface area (Å²) in [5.41, 5.74) is 6.49. The highest BCUT2D eigenvalue weighted by Crippen LogP contribution is 2.17. The van der Waals surface area contributed by atoms with E-state index in [2.05, 4.69) is 5.32 Å². The molecule has 0 aliphatic carbocycles. The van der Waals surface area contributed by atoms with Gasteiger partial charge in [-0.1, -0.05) is 18.2 Å². The van der Waals surface area contributed by atoms with E-state index in [0.717, 1.165) is 5.56 Å². The molecule has 5 nitrogen and oxygen atoms in total. The van der Waals surface area contributed by atoms with Gasteiger partial charge < -0.3 is 15.8 Å². The number of hydrogen-bond acceptors (Lipinski definition) is 4. The van der Waals surface area contributed by atoms with E-state index in [1.807, 2.05) is 30.3 Å². The van der Waals surface area contributed by atoms with Crippen molar-refractivity contribution < 1.29 is 9.53 Å². The van der Waals surface area contributed by atoms with Crippen molar-refractivity contribution in [1.29, 1.82) is 5.26 Å². The topological polar surface area (TPSA) is 88.1 Å². The number of carbonyl (C=O) groups is 1. The van der Waals surface area contributed by atoms with Gasteiger partial charge in [-0.2, -0.15) is 5.26 Å². The fourth-order valence-corrected chi connectivity index (χ4v) is 1.46. The highest BCUT2D eigenvalue weighted by atomic mass is 16.5. The Bertz CT molecular complexity index is 426. The van der Waals surface area contributed by atoms with Crippen molar-refractivity contribution in [2.24, 2.45) is 5.73 Å². The number of para-hydroxylation sites is 1. The van der Waals surface area contributed by atoms with Crippen molar-refractivity contribution in [3.63, 3.8) is 0 Å². The molecule has 0 heterocycles. The fourth-order valence-electron chi connectivity index (χ4n) is 1.46. The van der Waals surface area contributed by atoms with E-state index in [-0.39, 0.29) is 12.5 Å². The van der Waals surface area contributed by atoms with Gasteiger partial charge in [0.2, 0.25) is 0 Å². The molecule has 0 aliphatic rings. The van der Waals surface area contributed by atoms with Crippen LogP contribution in [0.15, 0.2) is 24.3 Å². The molecule has 0 fully saturated rings. The molecule has 0 saturated carbocycles. The molecular formula is C13H17N3O2. The third kappa shape index (κ3) is 4.85. The minimum Gasteiger partial charge on any atom is -0.483 e. The smallest absolute Gasteiger partial charge is 0.257 e. The highest BCUT2D eigenvalue weighted by molar-refractivity contribution is 5.77. The van der Waals surface area contributed by atoms with E-state index in [1.54, 1.807) is 0 Å². The third-order valence-electron chi connectivity index (χ3n) is 2.30. The Balaban J connectivity index is 2.43. The third-order valence-corrected chi connectivity index (χ3v) is 2.30. The van der Waals surface area contributed by atoms with Gasteiger partial charge in [0.05, 0.1) is 12.5 Å². The minimum absolute atomic E-state index is 0.0486. The van der Waals surface area contributed by atoms with Gasteiger partial charge in [-0.25, -0.2) is 0 Å². The van der Waals surface area contributed by atoms with E-state index in [4.69, 9.17) is 15.7 Å². The second-order valence-corrected chi connectivity index (χ2v) is 3.69. The summed E-state index contributed by atoms with van der Waals surface area (Å²) in [6.07, 6.45) is 1.02. The monoisotopic (exact) mass is 247 g/mol. The Kier molecular flexibility index (Phi) is 6.30. The van der Waals surface area contributed by atoms with Crippen LogP contribution in [-0.4, -0.2) is 25.6 Å². The van der Waals surface area contributed by atoms with Crippen LogP contribution >= 0.6 is 0 Å². The second kappa shape index (κ2) is 8.09. The summed E-state index contributed by atoms with van der Waals surface area (Å²) >= 11 is 0. The van der Waals surface area contributed by atoms with Crippen molar-refractivity contribution in [3.8, 4) is 11.8 Å². The molecule has 1 aromatic carbocycles. The van der Waals surface area contributed by atoms with Crippen molar-refractivity contribution >= 4 is 5.91 Å². The average Bonchev–Trinajstić information content (AvgIpc) is 2.38. The molecule has 0 unspecified atom stereocenters. The molecule has 96 valence electrons. The zero-order valence-electron chi connectivity index (χ0n) is 10.2. The zero-order valence-corrected chi connectivity index (χ0v) is 10.2. The van der Waals surface area contributed by atoms with Crippen LogP contribution in [0.2, 0.25) is 0 Å². The summed E-state index contributed by atoms with van der Waals surface area (Å²) < 4.78 is 5.43. The summed E-state index contributed by atoms with van der Waals surface area (Å²) in [5.74, 6) is 0.450. The van der Waals surface area contributed by atoms with Gasteiger partial charge in [-0.15, -0.1) is 0 Å². The lowest BCUT2D eigenvalue weighted by Crippen LogP contribution is -2.29. The summed E-state index contributed by atoms with van der Waals surface area (Å²) in [7, 11) is 0. The number of benzene rings is 1. The predicted octanol–water partition coefficient (Wildman–Crippen LogP) is 0.596. The molecule has 0 atom stereocenters. The SMILES string of the molecule is N#CCCNC(=O)COc1ccccc1CCN. The highest BCUT2D eigenvalue weighted by Gasteiger charge is 2.05. The standard InChI is InChI=1S/C13H17N3O2/c14-7-3-9-16-13(17)10-18-12-5-2-1-4-11(12)6-8-15/h1-2,4-5H,3,6,8-10,15H2,(H,16,17). The molecule has 0 bridgehead atoms. The minimum atomic E-state index is -0.229. The molecular weight excluding hydrogens is 230 g/mol. The lowest BCUT2D eigenvalue weighted by Gasteiger charge is -2.10. The van der Waals surface area contributed by atoms with Crippen LogP contribution in [0.4, 0.5) is 0 Å². The summed E-state index contributed by atoms with van der Waals surface area (Å²) in [4.78, 5) is 11.4. The molecule has 1 amide bonds. The van der Waals surface area contributed by atoms with Crippen molar-refractivity contribution in [1.82, 2.24) is 5.32 Å². The zero-order chi connectivity index (χ0) is 13.2. The van der Waals surface area contributed by atoms with Crippen LogP contribution in [0, 0.1) is 11.3 Å². The van der Waals surface area contributed by atoms with Crippen molar-refractivity contribution in [2.75, 3.05) is 19.7 Å². The fraction of sp³-hybridized carbons (Fsp3) is 0.385. The van der Waals surface area contributed by atoms with E-state index in [9.17, 15) is 4.79 Å². The number of rotatable bonds is 7. The first kappa shape index (κ1) is 14.0. The van der Waals surface area contributed by atoms with Gasteiger partial charge in [0, 0.05) is 6.54 Å². The Labute approximate surface area is 107 Å². The van der Waals surface area contributed by atoms with Gasteiger partial charge in [0.1, 0.15) is 5.75 Å². The first-order valence-corrected chi connectivity index (χ1v) is 5.82. The first-order valence-electron chi connectivity index (χ1n) is 5.82. The molecule has 1 rings (SSSR count). The van der Waals surface area contributed by atoms with Crippen LogP contribution in [0.5, 0.6) is 5.75 Å². The molecule has 0 aromatic heterocycles. The number of amides is 1. The Morgan fingerprint density at radius 3 is 2.94 bits per heavy atom. The van der Waals surface area contributed by atoms with Gasteiger partial charge in [0.25, 0.3) is 5.91 Å². The maximum absolute atomic E-state index is 11.4. The van der Waals surface area contributed by atoms with Crippen LogP contribution < -0.4 is 15.8 Å². The van der Waals surface area contributed by atoms with Crippen LogP contribution in [0.3, 0.4) is 0 Å². The quantitative estimate of drug-likeness (QED) is 0.690. The lowest BCUT2D eigenvalue weighted by atomic mass is 10.1. The van der Waals surface area contributed by atoms with Crippen LogP contribution in [0.1, 0.15) is 12.0 Å². The van der Waals surface area contributed by atoms with Gasteiger partial charge in [-0.3, -0.25) is 4.79 Å². The second-order valence-electron chi connectivity index (χ2n) is 3.69. The molecule has 3 N–H and O–H groups in total. The van der Waals surface area contributed by atoms with Crippen molar-refractivity contribution in [3.05, 3.63) is 29.8 Å². The number of hydrogen-bond donors (Lipinski definition) is 2. The maximum atomic E-state index is 11.4. The average molecular weight is 247 g/mol. The van der Waals surface area contributed by atoms with E-state index < -0.39 is 0 Å². The summed E-state index contributed by atoms with van der Waals surface area (Å²) in [6.45, 7) is 0.838. The number of carbonyl (C=O) groups excluding carboxylic acids is 1. The van der Waals surface area contributed by atoms with Crippen LogP contribution in [0.25, 0.3) is 0 Å². The van der Waals surface area contributed by atoms with E-state index in [1.165, 1.54) is 0 Å². The van der Waals surface area contributed by atoms with Gasteiger partial charge in [0.15, 0.2) is 6.61 Å². The molecule has 0 aliphatic heterocycles. The molecule has 0 spiro atoms. The largest absolute Gasteiger partial charge is 0.483 e. The normalized spacial score (nSPS) is 9.56. The number of nitrogens with one attached hydrogen (secondary N) is 1. The van der Waals surface area contributed by atoms with Crippen LogP contribution in [-0.2, 0) is 11.2 Å². The number of ether oxygens (including phenoxy) is 1. The maximum Gasteiger partial charge on any atom is 0.257 e.